The molecule has 0 unspecified atom stereocenters. The Morgan fingerprint density at radius 2 is 2.28 bits per heavy atom. The molecule has 0 aromatic heterocycles. The van der Waals surface area contributed by atoms with Gasteiger partial charge in [-0.25, -0.2) is 0 Å². The van der Waals surface area contributed by atoms with E-state index in [0.29, 0.717) is 18.7 Å². The van der Waals surface area contributed by atoms with Crippen molar-refractivity contribution in [1.29, 1.82) is 0 Å². The molecule has 1 aliphatic carbocycles. The third-order valence-corrected chi connectivity index (χ3v) is 4.35. The predicted octanol–water partition coefficient (Wildman–Crippen LogP) is 2.53. The molecule has 0 fully saturated rings. The molecule has 0 saturated heterocycles. The Bertz CT molecular complexity index is 929. The summed E-state index contributed by atoms with van der Waals surface area (Å²) in [6, 6.07) is 9.57. The zero-order chi connectivity index (χ0) is 17.2. The Balaban J connectivity index is 1.60. The van der Waals surface area contributed by atoms with Crippen molar-refractivity contribution < 1.29 is 9.53 Å². The van der Waals surface area contributed by atoms with E-state index in [9.17, 15) is 4.79 Å². The molecule has 3 aliphatic rings. The van der Waals surface area contributed by atoms with Crippen molar-refractivity contribution >= 4 is 12.0 Å². The van der Waals surface area contributed by atoms with Crippen LogP contribution in [0.2, 0.25) is 0 Å². The normalized spacial score (nSPS) is 12.5. The molecule has 2 heterocycles. The minimum absolute atomic E-state index is 0.0938. The molecule has 25 heavy (non-hydrogen) atoms. The lowest BCUT2D eigenvalue weighted by Crippen LogP contribution is -2.24. The van der Waals surface area contributed by atoms with Gasteiger partial charge in [-0.15, -0.1) is 0 Å². The van der Waals surface area contributed by atoms with Crippen LogP contribution in [0, 0.1) is 0 Å². The van der Waals surface area contributed by atoms with E-state index in [2.05, 4.69) is 20.8 Å². The lowest BCUT2D eigenvalue weighted by atomic mass is 10.1. The summed E-state index contributed by atoms with van der Waals surface area (Å²) < 4.78 is 5.22. The molecule has 0 atom stereocenters. The number of hydrogen-bond donors (Lipinski definition) is 3. The fourth-order valence-electron chi connectivity index (χ4n) is 3.14. The summed E-state index contributed by atoms with van der Waals surface area (Å²) >= 11 is 0. The predicted molar refractivity (Wildman–Crippen MR) is 95.2 cm³/mol. The molecule has 1 amide bonds. The number of H-pyrrole nitrogens is 1. The van der Waals surface area contributed by atoms with Crippen LogP contribution in [-0.2, 0) is 13.1 Å². The van der Waals surface area contributed by atoms with Gasteiger partial charge >= 0.3 is 0 Å². The van der Waals surface area contributed by atoms with E-state index in [0.717, 1.165) is 33.7 Å². The van der Waals surface area contributed by atoms with E-state index in [4.69, 9.17) is 4.74 Å². The highest BCUT2D eigenvalue weighted by molar-refractivity contribution is 6.01. The molecule has 1 aromatic rings. The first-order valence-corrected chi connectivity index (χ1v) is 8.06. The lowest BCUT2D eigenvalue weighted by molar-refractivity contribution is 0.0950. The smallest absolute Gasteiger partial charge is 0.251 e. The Morgan fingerprint density at radius 3 is 3.16 bits per heavy atom. The van der Waals surface area contributed by atoms with Crippen LogP contribution in [0.1, 0.15) is 27.2 Å². The Morgan fingerprint density at radius 1 is 1.36 bits per heavy atom. The fraction of sp³-hybridized carbons (Fsp3) is 0.158. The number of ether oxygens (including phenoxy) is 1. The second kappa shape index (κ2) is 6.32. The Labute approximate surface area is 145 Å². The molecule has 2 aliphatic heterocycles. The first-order chi connectivity index (χ1) is 12.3. The third kappa shape index (κ3) is 2.82. The number of nitrogens with one attached hydrogen (secondary N) is 3. The molecule has 0 spiro atoms. The van der Waals surface area contributed by atoms with Crippen molar-refractivity contribution in [2.75, 3.05) is 7.11 Å². The van der Waals surface area contributed by atoms with Crippen molar-refractivity contribution in [1.82, 2.24) is 20.8 Å². The van der Waals surface area contributed by atoms with Gasteiger partial charge in [-0.2, -0.15) is 5.10 Å². The van der Waals surface area contributed by atoms with Gasteiger partial charge in [-0.1, -0.05) is 12.1 Å². The molecule has 6 heteroatoms. The zero-order valence-electron chi connectivity index (χ0n) is 13.8. The Kier molecular flexibility index (Phi) is 3.85. The van der Waals surface area contributed by atoms with Crippen LogP contribution in [-0.4, -0.2) is 23.2 Å². The molecule has 0 saturated carbocycles. The monoisotopic (exact) mass is 334 g/mol. The van der Waals surface area contributed by atoms with Crippen molar-refractivity contribution in [2.24, 2.45) is 0 Å². The molecule has 1 aromatic carbocycles. The SMILES string of the molecule is COc1cccc(CNC(=O)c2cc3cn[nH]c4c-3c2CNC=C4)c1. The maximum absolute atomic E-state index is 12.7. The standard InChI is InChI=1S/C19H18N4O2/c1-25-14-4-2-3-12(7-14)9-21-19(24)15-8-13-10-22-23-17-5-6-20-11-16(15)18(13)17/h2-8,10,20,23H,9,11H2,1H3,(H,21,24). The van der Waals surface area contributed by atoms with E-state index < -0.39 is 0 Å². The van der Waals surface area contributed by atoms with Gasteiger partial charge in [-0.05, 0) is 41.6 Å². The van der Waals surface area contributed by atoms with Gasteiger partial charge in [0.1, 0.15) is 5.75 Å². The summed E-state index contributed by atoms with van der Waals surface area (Å²) in [5.74, 6) is 0.683. The van der Waals surface area contributed by atoms with Crippen molar-refractivity contribution in [3.63, 3.8) is 0 Å². The third-order valence-electron chi connectivity index (χ3n) is 4.35. The number of aromatic nitrogens is 2. The second-order valence-electron chi connectivity index (χ2n) is 5.90. The summed E-state index contributed by atoms with van der Waals surface area (Å²) in [5, 5.41) is 13.3. The number of rotatable bonds is 4. The van der Waals surface area contributed by atoms with Gasteiger partial charge in [0, 0.05) is 29.8 Å². The summed E-state index contributed by atoms with van der Waals surface area (Å²) in [6.45, 7) is 1.05. The topological polar surface area (TPSA) is 79.0 Å². The summed E-state index contributed by atoms with van der Waals surface area (Å²) in [6.07, 6.45) is 5.55. The average Bonchev–Trinajstić information content (AvgIpc) is 2.88. The van der Waals surface area contributed by atoms with E-state index in [1.165, 1.54) is 0 Å². The quantitative estimate of drug-likeness (QED) is 0.685. The summed E-state index contributed by atoms with van der Waals surface area (Å²) in [7, 11) is 1.63. The number of methoxy groups -OCH3 is 1. The molecule has 0 bridgehead atoms. The van der Waals surface area contributed by atoms with Crippen molar-refractivity contribution in [2.45, 2.75) is 13.1 Å². The van der Waals surface area contributed by atoms with Gasteiger partial charge in [0.15, 0.2) is 0 Å². The highest BCUT2D eigenvalue weighted by Gasteiger charge is 2.24. The fourth-order valence-corrected chi connectivity index (χ4v) is 3.14. The molecule has 6 nitrogen and oxygen atoms in total. The van der Waals surface area contributed by atoms with Crippen LogP contribution in [0.5, 0.6) is 5.75 Å². The first kappa shape index (κ1) is 15.3. The number of benzene rings is 1. The van der Waals surface area contributed by atoms with Crippen LogP contribution >= 0.6 is 0 Å². The molecule has 3 N–H and O–H groups in total. The number of amides is 1. The minimum atomic E-state index is -0.0938. The van der Waals surface area contributed by atoms with Crippen LogP contribution in [0.15, 0.2) is 42.7 Å². The molecule has 0 radical (unpaired) electrons. The molecule has 126 valence electrons. The second-order valence-corrected chi connectivity index (χ2v) is 5.90. The number of carbonyl (C=O) groups excluding carboxylic acids is 1. The summed E-state index contributed by atoms with van der Waals surface area (Å²) in [5.41, 5.74) is 5.56. The highest BCUT2D eigenvalue weighted by atomic mass is 16.5. The van der Waals surface area contributed by atoms with Crippen LogP contribution in [0.4, 0.5) is 0 Å². The van der Waals surface area contributed by atoms with Gasteiger partial charge in [0.2, 0.25) is 0 Å². The summed E-state index contributed by atoms with van der Waals surface area (Å²) in [4.78, 5) is 12.7. The largest absolute Gasteiger partial charge is 0.497 e. The van der Waals surface area contributed by atoms with E-state index >= 15 is 0 Å². The highest BCUT2D eigenvalue weighted by Crippen LogP contribution is 2.35. The van der Waals surface area contributed by atoms with Crippen molar-refractivity contribution in [3.05, 3.63) is 65.1 Å². The van der Waals surface area contributed by atoms with Crippen molar-refractivity contribution in [3.8, 4) is 16.9 Å². The van der Waals surface area contributed by atoms with E-state index in [-0.39, 0.29) is 5.91 Å². The Hall–Kier alpha value is -3.28. The maximum atomic E-state index is 12.7. The average molecular weight is 334 g/mol. The van der Waals surface area contributed by atoms with Crippen LogP contribution < -0.4 is 15.4 Å². The van der Waals surface area contributed by atoms with E-state index in [1.54, 1.807) is 13.3 Å². The molecular formula is C19H18N4O2. The van der Waals surface area contributed by atoms with Gasteiger partial charge in [0.25, 0.3) is 5.91 Å². The van der Waals surface area contributed by atoms with Crippen LogP contribution in [0.3, 0.4) is 0 Å². The number of carbonyl (C=O) groups is 1. The maximum Gasteiger partial charge on any atom is 0.251 e. The lowest BCUT2D eigenvalue weighted by Gasteiger charge is -2.09. The molecule has 4 rings (SSSR count). The van der Waals surface area contributed by atoms with Gasteiger partial charge < -0.3 is 15.4 Å². The number of hydrogen-bond acceptors (Lipinski definition) is 4. The molecular weight excluding hydrogens is 316 g/mol. The number of nitrogens with zero attached hydrogens (tertiary/aromatic N) is 1. The van der Waals surface area contributed by atoms with Gasteiger partial charge in [0.05, 0.1) is 19.0 Å². The first-order valence-electron chi connectivity index (χ1n) is 8.06. The van der Waals surface area contributed by atoms with E-state index in [1.807, 2.05) is 42.6 Å². The minimum Gasteiger partial charge on any atom is -0.497 e. The van der Waals surface area contributed by atoms with Gasteiger partial charge in [-0.3, -0.25) is 9.89 Å². The zero-order valence-corrected chi connectivity index (χ0v) is 13.8. The van der Waals surface area contributed by atoms with Crippen LogP contribution in [0.25, 0.3) is 17.2 Å². The number of aromatic amines is 1.